The SMILES string of the molecule is CC1CCC(CN)(OCCOC(F)(F)F)CC1. The van der Waals surface area contributed by atoms with Crippen LogP contribution in [0.4, 0.5) is 13.2 Å². The van der Waals surface area contributed by atoms with Gasteiger partial charge in [-0.15, -0.1) is 13.2 Å². The van der Waals surface area contributed by atoms with Crippen LogP contribution in [0.5, 0.6) is 0 Å². The van der Waals surface area contributed by atoms with Gasteiger partial charge in [-0.1, -0.05) is 6.92 Å². The predicted molar refractivity (Wildman–Crippen MR) is 57.4 cm³/mol. The summed E-state index contributed by atoms with van der Waals surface area (Å²) in [7, 11) is 0. The van der Waals surface area contributed by atoms with Crippen LogP contribution in [0, 0.1) is 5.92 Å². The highest BCUT2D eigenvalue weighted by Crippen LogP contribution is 2.34. The van der Waals surface area contributed by atoms with E-state index in [0.29, 0.717) is 12.5 Å². The molecule has 0 radical (unpaired) electrons. The molecule has 6 heteroatoms. The Balaban J connectivity index is 2.27. The van der Waals surface area contributed by atoms with Crippen LogP contribution in [0.1, 0.15) is 32.6 Å². The summed E-state index contributed by atoms with van der Waals surface area (Å²) in [6.07, 6.45) is -0.928. The molecule has 0 bridgehead atoms. The summed E-state index contributed by atoms with van der Waals surface area (Å²) in [4.78, 5) is 0. The summed E-state index contributed by atoms with van der Waals surface area (Å²) >= 11 is 0. The minimum atomic E-state index is -4.58. The van der Waals surface area contributed by atoms with Gasteiger partial charge in [-0.05, 0) is 31.6 Å². The lowest BCUT2D eigenvalue weighted by molar-refractivity contribution is -0.328. The summed E-state index contributed by atoms with van der Waals surface area (Å²) in [5.41, 5.74) is 5.22. The first-order chi connectivity index (χ1) is 7.87. The van der Waals surface area contributed by atoms with Crippen LogP contribution in [0.2, 0.25) is 0 Å². The van der Waals surface area contributed by atoms with Crippen LogP contribution in [0.3, 0.4) is 0 Å². The summed E-state index contributed by atoms with van der Waals surface area (Å²) in [6, 6.07) is 0. The van der Waals surface area contributed by atoms with Gasteiger partial charge >= 0.3 is 6.36 Å². The second-order valence-electron chi connectivity index (χ2n) is 4.71. The lowest BCUT2D eigenvalue weighted by Gasteiger charge is -2.38. The molecule has 17 heavy (non-hydrogen) atoms. The topological polar surface area (TPSA) is 44.5 Å². The minimum Gasteiger partial charge on any atom is -0.371 e. The number of alkyl halides is 3. The third kappa shape index (κ3) is 5.23. The number of ether oxygens (including phenoxy) is 2. The number of hydrogen-bond acceptors (Lipinski definition) is 3. The van der Waals surface area contributed by atoms with E-state index in [4.69, 9.17) is 10.5 Å². The Labute approximate surface area is 99.4 Å². The summed E-state index contributed by atoms with van der Waals surface area (Å²) in [6.45, 7) is 1.98. The van der Waals surface area contributed by atoms with Crippen LogP contribution >= 0.6 is 0 Å². The molecule has 0 aliphatic heterocycles. The van der Waals surface area contributed by atoms with Gasteiger partial charge in [0.05, 0.1) is 18.8 Å². The van der Waals surface area contributed by atoms with Crippen molar-refractivity contribution >= 4 is 0 Å². The first-order valence-electron chi connectivity index (χ1n) is 5.92. The van der Waals surface area contributed by atoms with Gasteiger partial charge in [-0.25, -0.2) is 0 Å². The van der Waals surface area contributed by atoms with Gasteiger partial charge in [0, 0.05) is 6.54 Å². The average Bonchev–Trinajstić information content (AvgIpc) is 2.26. The quantitative estimate of drug-likeness (QED) is 0.767. The van der Waals surface area contributed by atoms with E-state index in [-0.39, 0.29) is 6.61 Å². The van der Waals surface area contributed by atoms with Crippen molar-refractivity contribution in [1.82, 2.24) is 0 Å². The van der Waals surface area contributed by atoms with Crippen LogP contribution in [0.25, 0.3) is 0 Å². The van der Waals surface area contributed by atoms with Crippen molar-refractivity contribution in [2.45, 2.75) is 44.6 Å². The van der Waals surface area contributed by atoms with Crippen molar-refractivity contribution in [3.63, 3.8) is 0 Å². The van der Waals surface area contributed by atoms with Crippen LogP contribution in [0.15, 0.2) is 0 Å². The lowest BCUT2D eigenvalue weighted by atomic mass is 9.79. The Morgan fingerprint density at radius 3 is 2.29 bits per heavy atom. The molecule has 2 N–H and O–H groups in total. The minimum absolute atomic E-state index is 0.0644. The van der Waals surface area contributed by atoms with Crippen molar-refractivity contribution in [2.75, 3.05) is 19.8 Å². The number of nitrogens with two attached hydrogens (primary N) is 1. The number of hydrogen-bond donors (Lipinski definition) is 1. The molecule has 0 amide bonds. The highest BCUT2D eigenvalue weighted by Gasteiger charge is 2.34. The zero-order valence-electron chi connectivity index (χ0n) is 10.1. The zero-order valence-corrected chi connectivity index (χ0v) is 10.1. The van der Waals surface area contributed by atoms with Gasteiger partial charge in [0.1, 0.15) is 0 Å². The first-order valence-corrected chi connectivity index (χ1v) is 5.92. The van der Waals surface area contributed by atoms with Crippen molar-refractivity contribution in [2.24, 2.45) is 11.7 Å². The van der Waals surface area contributed by atoms with E-state index in [1.54, 1.807) is 0 Å². The predicted octanol–water partition coefficient (Wildman–Crippen LogP) is 2.45. The van der Waals surface area contributed by atoms with E-state index < -0.39 is 18.6 Å². The summed E-state index contributed by atoms with van der Waals surface area (Å²) in [5.74, 6) is 0.643. The molecule has 1 aliphatic rings. The van der Waals surface area contributed by atoms with E-state index in [1.165, 1.54) is 0 Å². The van der Waals surface area contributed by atoms with Crippen molar-refractivity contribution in [3.05, 3.63) is 0 Å². The Bertz CT molecular complexity index is 225. The van der Waals surface area contributed by atoms with Gasteiger partial charge in [-0.3, -0.25) is 4.74 Å². The van der Waals surface area contributed by atoms with Crippen molar-refractivity contribution in [3.8, 4) is 0 Å². The number of rotatable bonds is 5. The maximum Gasteiger partial charge on any atom is 0.522 e. The maximum atomic E-state index is 11.7. The standard InChI is InChI=1S/C11H20F3NO2/c1-9-2-4-10(8-15,5-3-9)16-6-7-17-11(12,13)14/h9H,2-8,15H2,1H3. The smallest absolute Gasteiger partial charge is 0.371 e. The Hall–Kier alpha value is -0.330. The molecule has 3 nitrogen and oxygen atoms in total. The van der Waals surface area contributed by atoms with E-state index in [1.807, 2.05) is 0 Å². The molecule has 1 aliphatic carbocycles. The molecule has 1 fully saturated rings. The molecule has 0 atom stereocenters. The average molecular weight is 255 g/mol. The molecular formula is C11H20F3NO2. The fourth-order valence-corrected chi connectivity index (χ4v) is 2.11. The molecule has 0 aromatic heterocycles. The van der Waals surface area contributed by atoms with Crippen molar-refractivity contribution < 1.29 is 22.6 Å². The second kappa shape index (κ2) is 6.02. The van der Waals surface area contributed by atoms with Gasteiger partial charge < -0.3 is 10.5 Å². The molecule has 0 aromatic rings. The summed E-state index contributed by atoms with van der Waals surface area (Å²) in [5, 5.41) is 0. The third-order valence-corrected chi connectivity index (χ3v) is 3.31. The molecule has 1 saturated carbocycles. The van der Waals surface area contributed by atoms with Crippen LogP contribution < -0.4 is 5.73 Å². The van der Waals surface area contributed by atoms with Gasteiger partial charge in [0.15, 0.2) is 0 Å². The third-order valence-electron chi connectivity index (χ3n) is 3.31. The van der Waals surface area contributed by atoms with E-state index in [2.05, 4.69) is 11.7 Å². The van der Waals surface area contributed by atoms with Gasteiger partial charge in [0.2, 0.25) is 0 Å². The van der Waals surface area contributed by atoms with Crippen molar-refractivity contribution in [1.29, 1.82) is 0 Å². The first kappa shape index (κ1) is 14.7. The van der Waals surface area contributed by atoms with E-state index >= 15 is 0 Å². The van der Waals surface area contributed by atoms with Crippen LogP contribution in [-0.4, -0.2) is 31.7 Å². The molecule has 0 spiro atoms. The highest BCUT2D eigenvalue weighted by atomic mass is 19.4. The van der Waals surface area contributed by atoms with Crippen LogP contribution in [-0.2, 0) is 9.47 Å². The molecule has 0 aromatic carbocycles. The Morgan fingerprint density at radius 2 is 1.82 bits per heavy atom. The fourth-order valence-electron chi connectivity index (χ4n) is 2.11. The molecule has 0 saturated heterocycles. The Morgan fingerprint density at radius 1 is 1.24 bits per heavy atom. The highest BCUT2D eigenvalue weighted by molar-refractivity contribution is 4.87. The molecule has 1 rings (SSSR count). The lowest BCUT2D eigenvalue weighted by Crippen LogP contribution is -2.44. The molecule has 0 unspecified atom stereocenters. The monoisotopic (exact) mass is 255 g/mol. The maximum absolute atomic E-state index is 11.7. The second-order valence-corrected chi connectivity index (χ2v) is 4.71. The fraction of sp³-hybridized carbons (Fsp3) is 1.00. The van der Waals surface area contributed by atoms with Gasteiger partial charge in [-0.2, -0.15) is 0 Å². The van der Waals surface area contributed by atoms with Gasteiger partial charge in [0.25, 0.3) is 0 Å². The Kier molecular flexibility index (Phi) is 5.22. The van der Waals surface area contributed by atoms with E-state index in [9.17, 15) is 13.2 Å². The summed E-state index contributed by atoms with van der Waals surface area (Å²) < 4.78 is 44.4. The molecule has 102 valence electrons. The van der Waals surface area contributed by atoms with E-state index in [0.717, 1.165) is 25.7 Å². The zero-order chi connectivity index (χ0) is 12.9. The normalized spacial score (nSPS) is 30.5. The molecular weight excluding hydrogens is 235 g/mol. The molecule has 0 heterocycles. The number of halogens is 3. The largest absolute Gasteiger partial charge is 0.522 e.